The van der Waals surface area contributed by atoms with Crippen LogP contribution in [0.2, 0.25) is 5.02 Å². The maximum Gasteiger partial charge on any atom is 0.271 e. The van der Waals surface area contributed by atoms with E-state index < -0.39 is 5.91 Å². The highest BCUT2D eigenvalue weighted by Crippen LogP contribution is 2.23. The molecule has 0 saturated heterocycles. The first kappa shape index (κ1) is 19.4. The molecule has 3 rings (SSSR count). The fourth-order valence-corrected chi connectivity index (χ4v) is 2.70. The van der Waals surface area contributed by atoms with Crippen LogP contribution in [-0.4, -0.2) is 17.2 Å². The average Bonchev–Trinajstić information content (AvgIpc) is 2.72. The summed E-state index contributed by atoms with van der Waals surface area (Å²) >= 11 is 5.80. The van der Waals surface area contributed by atoms with Gasteiger partial charge in [-0.2, -0.15) is 5.10 Å². The van der Waals surface area contributed by atoms with E-state index in [2.05, 4.69) is 34.8 Å². The van der Waals surface area contributed by atoms with Gasteiger partial charge in [-0.25, -0.2) is 5.43 Å². The van der Waals surface area contributed by atoms with Crippen LogP contribution in [0.5, 0.6) is 5.75 Å². The van der Waals surface area contributed by atoms with Crippen LogP contribution in [0.3, 0.4) is 0 Å². The highest BCUT2D eigenvalue weighted by atomic mass is 35.5. The highest BCUT2D eigenvalue weighted by molar-refractivity contribution is 6.32. The molecule has 3 aromatic rings. The molecule has 2 N–H and O–H groups in total. The quantitative estimate of drug-likeness (QED) is 0.456. The number of nitrogens with zero attached hydrogens (tertiary/aromatic N) is 1. The molecule has 140 valence electrons. The van der Waals surface area contributed by atoms with Crippen LogP contribution in [0.4, 0.5) is 0 Å². The summed E-state index contributed by atoms with van der Waals surface area (Å²) in [6, 6.07) is 22.3. The molecule has 0 aromatic heterocycles. The molecule has 4 nitrogen and oxygen atoms in total. The number of hydrogen-bond acceptors (Lipinski definition) is 3. The van der Waals surface area contributed by atoms with Crippen molar-refractivity contribution in [3.8, 4) is 5.75 Å². The fourth-order valence-electron chi connectivity index (χ4n) is 2.52. The largest absolute Gasteiger partial charge is 0.506 e. The number of hydrazone groups is 1. The average molecular weight is 391 g/mol. The third kappa shape index (κ3) is 5.56. The Bertz CT molecular complexity index is 997. The van der Waals surface area contributed by atoms with Crippen LogP contribution in [0.1, 0.15) is 27.0 Å². The second-order valence-electron chi connectivity index (χ2n) is 6.12. The van der Waals surface area contributed by atoms with Gasteiger partial charge in [0.25, 0.3) is 5.91 Å². The number of phenolic OH excluding ortho intramolecular Hbond substituents is 1. The minimum absolute atomic E-state index is 0.0698. The Balaban J connectivity index is 1.53. The lowest BCUT2D eigenvalue weighted by Gasteiger charge is -2.02. The van der Waals surface area contributed by atoms with E-state index >= 15 is 0 Å². The molecule has 3 aromatic carbocycles. The molecule has 0 saturated carbocycles. The van der Waals surface area contributed by atoms with Crippen LogP contribution in [0.25, 0.3) is 6.08 Å². The molecular weight excluding hydrogens is 372 g/mol. The van der Waals surface area contributed by atoms with E-state index in [9.17, 15) is 9.90 Å². The second kappa shape index (κ2) is 9.53. The molecule has 0 unspecified atom stereocenters. The molecule has 5 heteroatoms. The van der Waals surface area contributed by atoms with Gasteiger partial charge in [0, 0.05) is 5.56 Å². The maximum absolute atomic E-state index is 12.0. The zero-order chi connectivity index (χ0) is 19.8. The Morgan fingerprint density at radius 3 is 2.43 bits per heavy atom. The van der Waals surface area contributed by atoms with Crippen molar-refractivity contribution in [1.82, 2.24) is 5.43 Å². The van der Waals surface area contributed by atoms with Crippen LogP contribution in [0, 0.1) is 0 Å². The Labute approximate surface area is 168 Å². The minimum atomic E-state index is -0.404. The predicted molar refractivity (Wildman–Crippen MR) is 114 cm³/mol. The third-order valence-corrected chi connectivity index (χ3v) is 4.34. The molecule has 0 aliphatic heterocycles. The predicted octanol–water partition coefficient (Wildman–Crippen LogP) is 5.07. The number of hydrogen-bond donors (Lipinski definition) is 2. The Hall–Kier alpha value is -3.37. The van der Waals surface area contributed by atoms with Crippen molar-refractivity contribution in [2.75, 3.05) is 0 Å². The Kier molecular flexibility index (Phi) is 6.60. The maximum atomic E-state index is 12.0. The van der Waals surface area contributed by atoms with E-state index in [1.165, 1.54) is 23.8 Å². The summed E-state index contributed by atoms with van der Waals surface area (Å²) in [4.78, 5) is 12.0. The number of halogens is 1. The summed E-state index contributed by atoms with van der Waals surface area (Å²) in [7, 11) is 0. The molecule has 1 amide bonds. The first-order valence-electron chi connectivity index (χ1n) is 8.74. The Morgan fingerprint density at radius 2 is 1.71 bits per heavy atom. The fraction of sp³-hybridized carbons (Fsp3) is 0.0435. The normalized spacial score (nSPS) is 11.2. The van der Waals surface area contributed by atoms with E-state index in [1.54, 1.807) is 6.21 Å². The number of benzene rings is 3. The number of carbonyl (C=O) groups excluding carboxylic acids is 1. The number of carbonyl (C=O) groups is 1. The SMILES string of the molecule is O=C(N/N=C/c1ccc(/C=C/Cc2ccccc2)cc1)c1ccc(O)c(Cl)c1. The summed E-state index contributed by atoms with van der Waals surface area (Å²) < 4.78 is 0. The van der Waals surface area contributed by atoms with Gasteiger partial charge in [-0.3, -0.25) is 4.79 Å². The van der Waals surface area contributed by atoms with Gasteiger partial charge >= 0.3 is 0 Å². The van der Waals surface area contributed by atoms with Crippen molar-refractivity contribution < 1.29 is 9.90 Å². The van der Waals surface area contributed by atoms with E-state index in [4.69, 9.17) is 11.6 Å². The molecule has 0 heterocycles. The van der Waals surface area contributed by atoms with Gasteiger partial charge in [-0.1, -0.05) is 78.4 Å². The molecule has 28 heavy (non-hydrogen) atoms. The Morgan fingerprint density at radius 1 is 1.00 bits per heavy atom. The van der Waals surface area contributed by atoms with Gasteiger partial charge in [0.05, 0.1) is 11.2 Å². The smallest absolute Gasteiger partial charge is 0.271 e. The lowest BCUT2D eigenvalue weighted by Crippen LogP contribution is -2.17. The van der Waals surface area contributed by atoms with Crippen LogP contribution in [-0.2, 0) is 6.42 Å². The van der Waals surface area contributed by atoms with Gasteiger partial charge in [0.15, 0.2) is 0 Å². The summed E-state index contributed by atoms with van der Waals surface area (Å²) in [6.07, 6.45) is 6.65. The van der Waals surface area contributed by atoms with Crippen LogP contribution >= 0.6 is 11.6 Å². The molecular formula is C23H19ClN2O2. The van der Waals surface area contributed by atoms with Gasteiger partial charge in [0.2, 0.25) is 0 Å². The van der Waals surface area contributed by atoms with Gasteiger partial charge in [-0.15, -0.1) is 0 Å². The summed E-state index contributed by atoms with van der Waals surface area (Å²) in [5.41, 5.74) is 5.99. The van der Waals surface area contributed by atoms with E-state index in [-0.39, 0.29) is 10.8 Å². The van der Waals surface area contributed by atoms with E-state index in [0.717, 1.165) is 17.5 Å². The summed E-state index contributed by atoms with van der Waals surface area (Å²) in [6.45, 7) is 0. The van der Waals surface area contributed by atoms with E-state index in [0.29, 0.717) is 5.56 Å². The molecule has 0 bridgehead atoms. The van der Waals surface area contributed by atoms with Gasteiger partial charge < -0.3 is 5.11 Å². The number of phenols is 1. The first-order valence-corrected chi connectivity index (χ1v) is 9.12. The monoisotopic (exact) mass is 390 g/mol. The zero-order valence-corrected chi connectivity index (χ0v) is 15.8. The number of nitrogens with one attached hydrogen (secondary N) is 1. The number of amides is 1. The van der Waals surface area contributed by atoms with Gasteiger partial charge in [0.1, 0.15) is 5.75 Å². The standard InChI is InChI=1S/C23H19ClN2O2/c24-21-15-20(13-14-22(21)27)23(28)26-25-16-19-11-9-18(10-12-19)8-4-7-17-5-2-1-3-6-17/h1-6,8-16,27H,7H2,(H,26,28)/b8-4+,25-16+. The van der Waals surface area contributed by atoms with E-state index in [1.807, 2.05) is 42.5 Å². The van der Waals surface area contributed by atoms with Crippen molar-refractivity contribution in [3.63, 3.8) is 0 Å². The first-order chi connectivity index (χ1) is 13.6. The molecule has 0 fully saturated rings. The second-order valence-corrected chi connectivity index (χ2v) is 6.53. The number of rotatable bonds is 6. The van der Waals surface area contributed by atoms with Gasteiger partial charge in [-0.05, 0) is 41.3 Å². The van der Waals surface area contributed by atoms with Crippen molar-refractivity contribution in [3.05, 3.63) is 106 Å². The van der Waals surface area contributed by atoms with Crippen molar-refractivity contribution in [1.29, 1.82) is 0 Å². The molecule has 0 spiro atoms. The lowest BCUT2D eigenvalue weighted by atomic mass is 10.1. The van der Waals surface area contributed by atoms with Crippen LogP contribution in [0.15, 0.2) is 84.0 Å². The lowest BCUT2D eigenvalue weighted by molar-refractivity contribution is 0.0955. The molecule has 0 radical (unpaired) electrons. The molecule has 0 aliphatic rings. The van der Waals surface area contributed by atoms with Crippen LogP contribution < -0.4 is 5.43 Å². The molecule has 0 aliphatic carbocycles. The number of aromatic hydroxyl groups is 1. The summed E-state index contributed by atoms with van der Waals surface area (Å²) in [5.74, 6) is -0.474. The van der Waals surface area contributed by atoms with Crippen molar-refractivity contribution in [2.45, 2.75) is 6.42 Å². The highest BCUT2D eigenvalue weighted by Gasteiger charge is 2.07. The molecule has 0 atom stereocenters. The minimum Gasteiger partial charge on any atom is -0.506 e. The summed E-state index contributed by atoms with van der Waals surface area (Å²) in [5, 5.41) is 13.5. The van der Waals surface area contributed by atoms with Crippen molar-refractivity contribution >= 4 is 29.8 Å². The van der Waals surface area contributed by atoms with Crippen molar-refractivity contribution in [2.24, 2.45) is 5.10 Å². The zero-order valence-electron chi connectivity index (χ0n) is 15.0. The number of allylic oxidation sites excluding steroid dienone is 1. The topological polar surface area (TPSA) is 61.7 Å². The third-order valence-electron chi connectivity index (χ3n) is 4.03.